The smallest absolute Gasteiger partial charge is 0.339 e. The second-order valence-electron chi connectivity index (χ2n) is 5.67. The number of aromatic amines is 1. The van der Waals surface area contributed by atoms with E-state index in [1.54, 1.807) is 6.92 Å². The molecule has 0 aliphatic rings. The number of nitrogens with one attached hydrogen (secondary N) is 2. The molecule has 140 valence electrons. The van der Waals surface area contributed by atoms with Crippen LogP contribution in [0.3, 0.4) is 0 Å². The highest BCUT2D eigenvalue weighted by atomic mass is 79.9. The standard InChI is InChI=1S/C17H13BrF2N4O3/c1-8(13-5-21-7-22-13)24-6-10(17(26)27)15(14(20)16(24)25)23-12-3-2-9(18)4-11(12)19/h2-8,23H,1H3,(H,21,22)(H,26,27). The number of anilines is 2. The van der Waals surface area contributed by atoms with Crippen LogP contribution in [-0.2, 0) is 0 Å². The van der Waals surface area contributed by atoms with Crippen LogP contribution in [0.25, 0.3) is 0 Å². The number of nitrogens with zero attached hydrogens (tertiary/aromatic N) is 2. The Morgan fingerprint density at radius 2 is 2.15 bits per heavy atom. The lowest BCUT2D eigenvalue weighted by Gasteiger charge is -2.17. The van der Waals surface area contributed by atoms with Gasteiger partial charge in [-0.2, -0.15) is 4.39 Å². The van der Waals surface area contributed by atoms with Gasteiger partial charge in [-0.05, 0) is 25.1 Å². The molecule has 0 spiro atoms. The number of carboxylic acid groups (broad SMARTS) is 1. The first-order chi connectivity index (χ1) is 12.8. The molecule has 10 heteroatoms. The Morgan fingerprint density at radius 1 is 1.41 bits per heavy atom. The molecular weight excluding hydrogens is 426 g/mol. The molecule has 0 saturated heterocycles. The zero-order valence-corrected chi connectivity index (χ0v) is 15.4. The molecule has 3 N–H and O–H groups in total. The zero-order chi connectivity index (χ0) is 19.7. The quantitative estimate of drug-likeness (QED) is 0.564. The number of halogens is 3. The van der Waals surface area contributed by atoms with Crippen LogP contribution in [0, 0.1) is 11.6 Å². The second-order valence-corrected chi connectivity index (χ2v) is 6.58. The van der Waals surface area contributed by atoms with E-state index < -0.39 is 40.5 Å². The fourth-order valence-corrected chi connectivity index (χ4v) is 2.87. The molecule has 2 heterocycles. The van der Waals surface area contributed by atoms with Crippen LogP contribution in [0.1, 0.15) is 29.0 Å². The Hall–Kier alpha value is -3.01. The molecule has 3 rings (SSSR count). The average molecular weight is 439 g/mol. The number of H-pyrrole nitrogens is 1. The monoisotopic (exact) mass is 438 g/mol. The van der Waals surface area contributed by atoms with Gasteiger partial charge in [-0.1, -0.05) is 15.9 Å². The van der Waals surface area contributed by atoms with Gasteiger partial charge in [0, 0.05) is 16.9 Å². The predicted octanol–water partition coefficient (Wildman–Crippen LogP) is 3.66. The van der Waals surface area contributed by atoms with E-state index in [1.165, 1.54) is 24.7 Å². The van der Waals surface area contributed by atoms with Crippen LogP contribution < -0.4 is 10.9 Å². The summed E-state index contributed by atoms with van der Waals surface area (Å²) in [5.41, 5.74) is -1.93. The van der Waals surface area contributed by atoms with Gasteiger partial charge >= 0.3 is 5.97 Å². The van der Waals surface area contributed by atoms with E-state index in [2.05, 4.69) is 31.2 Å². The highest BCUT2D eigenvalue weighted by Gasteiger charge is 2.24. The fourth-order valence-electron chi connectivity index (χ4n) is 2.54. The van der Waals surface area contributed by atoms with E-state index in [1.807, 2.05) is 0 Å². The molecule has 0 bridgehead atoms. The number of benzene rings is 1. The Labute approximate surface area is 159 Å². The predicted molar refractivity (Wildman–Crippen MR) is 97.4 cm³/mol. The topological polar surface area (TPSA) is 100 Å². The molecule has 2 aromatic heterocycles. The maximum atomic E-state index is 14.8. The van der Waals surface area contributed by atoms with E-state index in [9.17, 15) is 23.5 Å². The summed E-state index contributed by atoms with van der Waals surface area (Å²) in [5, 5.41) is 11.8. The van der Waals surface area contributed by atoms with E-state index in [4.69, 9.17) is 0 Å². The minimum absolute atomic E-state index is 0.169. The van der Waals surface area contributed by atoms with Gasteiger partial charge in [0.15, 0.2) is 0 Å². The lowest BCUT2D eigenvalue weighted by Crippen LogP contribution is -2.29. The first-order valence-electron chi connectivity index (χ1n) is 7.68. The summed E-state index contributed by atoms with van der Waals surface area (Å²) >= 11 is 3.09. The maximum absolute atomic E-state index is 14.8. The van der Waals surface area contributed by atoms with Crippen molar-refractivity contribution in [2.75, 3.05) is 5.32 Å². The van der Waals surface area contributed by atoms with Crippen molar-refractivity contribution in [1.29, 1.82) is 0 Å². The number of aromatic carboxylic acids is 1. The summed E-state index contributed by atoms with van der Waals surface area (Å²) in [7, 11) is 0. The summed E-state index contributed by atoms with van der Waals surface area (Å²) in [5.74, 6) is -3.55. The van der Waals surface area contributed by atoms with Gasteiger partial charge in [0.05, 0.1) is 29.4 Å². The van der Waals surface area contributed by atoms with Crippen molar-refractivity contribution >= 4 is 33.3 Å². The van der Waals surface area contributed by atoms with Crippen molar-refractivity contribution in [3.63, 3.8) is 0 Å². The molecule has 0 fully saturated rings. The summed E-state index contributed by atoms with van der Waals surface area (Å²) in [4.78, 5) is 30.8. The van der Waals surface area contributed by atoms with Crippen LogP contribution in [0.2, 0.25) is 0 Å². The number of rotatable bonds is 5. The Kier molecular flexibility index (Phi) is 5.08. The van der Waals surface area contributed by atoms with Crippen molar-refractivity contribution in [3.05, 3.63) is 74.6 Å². The summed E-state index contributed by atoms with van der Waals surface area (Å²) < 4.78 is 30.2. The minimum atomic E-state index is -1.48. The van der Waals surface area contributed by atoms with Crippen molar-refractivity contribution in [2.24, 2.45) is 0 Å². The highest BCUT2D eigenvalue weighted by molar-refractivity contribution is 9.10. The van der Waals surface area contributed by atoms with Crippen LogP contribution in [0.4, 0.5) is 20.2 Å². The summed E-state index contributed by atoms with van der Waals surface area (Å²) in [6, 6.07) is 3.20. The fraction of sp³-hybridized carbons (Fsp3) is 0.118. The Balaban J connectivity index is 2.13. The molecule has 27 heavy (non-hydrogen) atoms. The lowest BCUT2D eigenvalue weighted by atomic mass is 10.1. The van der Waals surface area contributed by atoms with Crippen molar-refractivity contribution in [1.82, 2.24) is 14.5 Å². The molecule has 0 aliphatic carbocycles. The van der Waals surface area contributed by atoms with Crippen molar-refractivity contribution < 1.29 is 18.7 Å². The molecule has 7 nitrogen and oxygen atoms in total. The normalized spacial score (nSPS) is 12.0. The highest BCUT2D eigenvalue weighted by Crippen LogP contribution is 2.27. The van der Waals surface area contributed by atoms with Crippen LogP contribution in [0.5, 0.6) is 0 Å². The molecular formula is C17H13BrF2N4O3. The zero-order valence-electron chi connectivity index (χ0n) is 13.8. The first kappa shape index (κ1) is 18.8. The van der Waals surface area contributed by atoms with E-state index in [0.717, 1.165) is 16.8 Å². The number of hydrogen-bond donors (Lipinski definition) is 3. The number of imidazole rings is 1. The molecule has 0 amide bonds. The van der Waals surface area contributed by atoms with Gasteiger partial charge in [0.2, 0.25) is 5.82 Å². The second kappa shape index (κ2) is 7.31. The molecule has 3 aromatic rings. The summed E-state index contributed by atoms with van der Waals surface area (Å²) in [6.45, 7) is 1.57. The van der Waals surface area contributed by atoms with Gasteiger partial charge in [0.25, 0.3) is 5.56 Å². The molecule has 1 unspecified atom stereocenters. The molecule has 0 aliphatic heterocycles. The van der Waals surface area contributed by atoms with Gasteiger partial charge in [-0.3, -0.25) is 4.79 Å². The molecule has 0 radical (unpaired) electrons. The molecule has 1 aromatic carbocycles. The number of aromatic nitrogens is 3. The van der Waals surface area contributed by atoms with Gasteiger partial charge in [-0.25, -0.2) is 14.2 Å². The van der Waals surface area contributed by atoms with Crippen LogP contribution >= 0.6 is 15.9 Å². The third-order valence-corrected chi connectivity index (χ3v) is 4.46. The number of pyridine rings is 1. The third-order valence-electron chi connectivity index (χ3n) is 3.97. The Bertz CT molecular complexity index is 1070. The van der Waals surface area contributed by atoms with Gasteiger partial charge in [0.1, 0.15) is 11.4 Å². The number of carboxylic acids is 1. The lowest BCUT2D eigenvalue weighted by molar-refractivity contribution is 0.0696. The molecule has 0 saturated carbocycles. The van der Waals surface area contributed by atoms with Crippen molar-refractivity contribution in [2.45, 2.75) is 13.0 Å². The first-order valence-corrected chi connectivity index (χ1v) is 8.47. The summed E-state index contributed by atoms with van der Waals surface area (Å²) in [6.07, 6.45) is 3.91. The SMILES string of the molecule is CC(c1c[nH]cn1)n1cc(C(=O)O)c(Nc2ccc(Br)cc2F)c(F)c1=O. The van der Waals surface area contributed by atoms with Gasteiger partial charge < -0.3 is 20.0 Å². The van der Waals surface area contributed by atoms with Crippen molar-refractivity contribution in [3.8, 4) is 0 Å². The van der Waals surface area contributed by atoms with E-state index in [-0.39, 0.29) is 5.69 Å². The van der Waals surface area contributed by atoms with Crippen LogP contribution in [-0.4, -0.2) is 25.6 Å². The van der Waals surface area contributed by atoms with Gasteiger partial charge in [-0.15, -0.1) is 0 Å². The Morgan fingerprint density at radius 3 is 2.74 bits per heavy atom. The van der Waals surface area contributed by atoms with Crippen LogP contribution in [0.15, 0.2) is 46.2 Å². The largest absolute Gasteiger partial charge is 0.478 e. The number of carbonyl (C=O) groups is 1. The third kappa shape index (κ3) is 3.61. The average Bonchev–Trinajstić information content (AvgIpc) is 3.15. The maximum Gasteiger partial charge on any atom is 0.339 e. The molecule has 1 atom stereocenters. The van der Waals surface area contributed by atoms with E-state index >= 15 is 0 Å². The van der Waals surface area contributed by atoms with E-state index in [0.29, 0.717) is 10.2 Å². The number of hydrogen-bond acceptors (Lipinski definition) is 4. The minimum Gasteiger partial charge on any atom is -0.478 e.